The lowest BCUT2D eigenvalue weighted by molar-refractivity contribution is -0.0399. The molecule has 4 N–H and O–H groups in total. The second-order valence-corrected chi connectivity index (χ2v) is 7.44. The van der Waals surface area contributed by atoms with Gasteiger partial charge in [0.05, 0.1) is 25.4 Å². The van der Waals surface area contributed by atoms with E-state index in [9.17, 15) is 9.90 Å². The fraction of sp³-hybridized carbons (Fsp3) is 0.500. The smallest absolute Gasteiger partial charge is 0.321 e. The molecule has 1 aliphatic heterocycles. The number of H-pyrrole nitrogens is 1. The van der Waals surface area contributed by atoms with Crippen molar-refractivity contribution in [1.29, 1.82) is 0 Å². The number of aromatic amines is 1. The molecule has 2 aromatic rings. The molecule has 0 spiro atoms. The van der Waals surface area contributed by atoms with Crippen molar-refractivity contribution < 1.29 is 24.2 Å². The fourth-order valence-electron chi connectivity index (χ4n) is 2.28. The van der Waals surface area contributed by atoms with E-state index in [4.69, 9.17) is 19.0 Å². The lowest BCUT2D eigenvalue weighted by atomic mass is 10.2. The van der Waals surface area contributed by atoms with Crippen LogP contribution in [0, 0.1) is 0 Å². The van der Waals surface area contributed by atoms with Crippen LogP contribution in [0.4, 0.5) is 0 Å². The number of aromatic nitrogens is 4. The van der Waals surface area contributed by atoms with Gasteiger partial charge in [0, 0.05) is 6.42 Å². The monoisotopic (exact) mass is 348 g/mol. The second-order valence-electron chi connectivity index (χ2n) is 4.77. The summed E-state index contributed by atoms with van der Waals surface area (Å²) in [5.41, 5.74) is 0.127. The fourth-order valence-corrected chi connectivity index (χ4v) is 2.80. The summed E-state index contributed by atoms with van der Waals surface area (Å²) in [7, 11) is 0. The van der Waals surface area contributed by atoms with E-state index in [1.54, 1.807) is 0 Å². The largest absolute Gasteiger partial charge is 0.390 e. The Labute approximate surface area is 128 Å². The summed E-state index contributed by atoms with van der Waals surface area (Å²) in [6.45, 7) is -4.05. The van der Waals surface area contributed by atoms with E-state index >= 15 is 0 Å². The van der Waals surface area contributed by atoms with Crippen molar-refractivity contribution >= 4 is 29.7 Å². The molecule has 0 bridgehead atoms. The summed E-state index contributed by atoms with van der Waals surface area (Å²) in [6, 6.07) is 0. The first kappa shape index (κ1) is 15.7. The van der Waals surface area contributed by atoms with Gasteiger partial charge in [-0.2, -0.15) is 0 Å². The Morgan fingerprint density at radius 3 is 3.05 bits per heavy atom. The van der Waals surface area contributed by atoms with Gasteiger partial charge in [-0.1, -0.05) is 0 Å². The first-order valence-corrected chi connectivity index (χ1v) is 8.91. The zero-order valence-corrected chi connectivity index (χ0v) is 12.8. The van der Waals surface area contributed by atoms with Gasteiger partial charge in [-0.15, -0.1) is 0 Å². The van der Waals surface area contributed by atoms with Crippen LogP contribution in [0.5, 0.6) is 0 Å². The summed E-state index contributed by atoms with van der Waals surface area (Å²) in [5, 5.41) is 9.97. The summed E-state index contributed by atoms with van der Waals surface area (Å²) in [4.78, 5) is 40.1. The lowest BCUT2D eigenvalue weighted by Gasteiger charge is -2.17. The van der Waals surface area contributed by atoms with Crippen LogP contribution in [0.1, 0.15) is 12.6 Å². The van der Waals surface area contributed by atoms with Crippen LogP contribution in [0.2, 0.25) is 0 Å². The molecule has 1 saturated heterocycles. The maximum Gasteiger partial charge on any atom is 0.321 e. The molecule has 3 atom stereocenters. The average molecular weight is 348 g/mol. The number of hydrogen-bond acceptors (Lipinski definition) is 7. The molecular formula is C10H13N4O6PS. The standard InChI is InChI=1S/C10H13N4O6PS/c15-5-1-7(20-6(5)2-19-21(17,18)22)14-4-13-8-9(14)11-3-12-10(8)16/h3-7,15H,1-2H2,(H,11,12,16)(H2,17,18,22)/t5-,6?,7+/m0/s1. The molecule has 120 valence electrons. The van der Waals surface area contributed by atoms with Crippen LogP contribution in [0.3, 0.4) is 0 Å². The molecule has 0 saturated carbocycles. The molecule has 3 heterocycles. The third-order valence-electron chi connectivity index (χ3n) is 3.29. The highest BCUT2D eigenvalue weighted by molar-refractivity contribution is 8.06. The number of nitrogens with zero attached hydrogens (tertiary/aromatic N) is 3. The van der Waals surface area contributed by atoms with Crippen molar-refractivity contribution in [1.82, 2.24) is 19.5 Å². The molecule has 1 aliphatic rings. The minimum atomic E-state index is -3.80. The van der Waals surface area contributed by atoms with Gasteiger partial charge in [0.1, 0.15) is 12.3 Å². The highest BCUT2D eigenvalue weighted by atomic mass is 32.5. The van der Waals surface area contributed by atoms with Crippen molar-refractivity contribution in [2.75, 3.05) is 6.61 Å². The predicted molar refractivity (Wildman–Crippen MR) is 77.4 cm³/mol. The van der Waals surface area contributed by atoms with Crippen LogP contribution in [-0.2, 0) is 21.1 Å². The Balaban J connectivity index is 1.80. The van der Waals surface area contributed by atoms with Crippen molar-refractivity contribution in [2.45, 2.75) is 24.9 Å². The van der Waals surface area contributed by atoms with E-state index < -0.39 is 25.2 Å². The van der Waals surface area contributed by atoms with Crippen LogP contribution in [-0.4, -0.2) is 53.2 Å². The normalized spacial score (nSPS) is 25.9. The summed E-state index contributed by atoms with van der Waals surface area (Å²) in [6.07, 6.45) is 0.613. The van der Waals surface area contributed by atoms with Gasteiger partial charge in [-0.05, 0) is 11.8 Å². The predicted octanol–water partition coefficient (Wildman–Crippen LogP) is -1.01. The highest BCUT2D eigenvalue weighted by Gasteiger charge is 2.36. The number of aliphatic hydroxyl groups excluding tert-OH is 1. The Morgan fingerprint density at radius 1 is 1.55 bits per heavy atom. The Hall–Kier alpha value is -1.20. The van der Waals surface area contributed by atoms with E-state index in [1.807, 2.05) is 0 Å². The van der Waals surface area contributed by atoms with E-state index in [2.05, 4.69) is 26.8 Å². The van der Waals surface area contributed by atoms with E-state index in [0.29, 0.717) is 5.65 Å². The molecule has 22 heavy (non-hydrogen) atoms. The number of aliphatic hydroxyl groups is 1. The molecule has 3 rings (SSSR count). The molecule has 12 heteroatoms. The van der Waals surface area contributed by atoms with Gasteiger partial charge in [0.25, 0.3) is 5.56 Å². The molecule has 1 fully saturated rings. The number of fused-ring (bicyclic) bond motifs is 1. The van der Waals surface area contributed by atoms with E-state index in [1.165, 1.54) is 17.2 Å². The minimum absolute atomic E-state index is 0.168. The van der Waals surface area contributed by atoms with E-state index in [-0.39, 0.29) is 24.1 Å². The van der Waals surface area contributed by atoms with E-state index in [0.717, 1.165) is 0 Å². The van der Waals surface area contributed by atoms with Crippen LogP contribution < -0.4 is 5.56 Å². The van der Waals surface area contributed by atoms with Crippen LogP contribution in [0.15, 0.2) is 17.4 Å². The van der Waals surface area contributed by atoms with Crippen molar-refractivity contribution in [2.24, 2.45) is 0 Å². The molecule has 2 aromatic heterocycles. The summed E-state index contributed by atoms with van der Waals surface area (Å²) >= 11 is 4.34. The number of hydrogen-bond donors (Lipinski definition) is 4. The van der Waals surface area contributed by atoms with Gasteiger partial charge in [0.2, 0.25) is 0 Å². The quantitative estimate of drug-likeness (QED) is 0.511. The number of nitrogens with one attached hydrogen (secondary N) is 1. The summed E-state index contributed by atoms with van der Waals surface area (Å²) in [5.74, 6) is 0. The summed E-state index contributed by atoms with van der Waals surface area (Å²) < 4.78 is 11.8. The van der Waals surface area contributed by atoms with Crippen molar-refractivity contribution in [3.8, 4) is 0 Å². The van der Waals surface area contributed by atoms with Crippen LogP contribution >= 0.6 is 6.72 Å². The highest BCUT2D eigenvalue weighted by Crippen LogP contribution is 2.38. The molecule has 1 unspecified atom stereocenters. The lowest BCUT2D eigenvalue weighted by Crippen LogP contribution is -2.25. The van der Waals surface area contributed by atoms with Gasteiger partial charge >= 0.3 is 6.72 Å². The minimum Gasteiger partial charge on any atom is -0.390 e. The van der Waals surface area contributed by atoms with Crippen molar-refractivity contribution in [3.05, 3.63) is 23.0 Å². The number of imidazole rings is 1. The molecular weight excluding hydrogens is 335 g/mol. The topological polar surface area (TPSA) is 143 Å². The van der Waals surface area contributed by atoms with Gasteiger partial charge in [-0.25, -0.2) is 9.97 Å². The SMILES string of the molecule is O=c1[nH]cnc2c1ncn2[C@H]1C[C@H](O)C(COP(O)(O)=S)O1. The zero-order valence-electron chi connectivity index (χ0n) is 11.1. The Morgan fingerprint density at radius 2 is 2.32 bits per heavy atom. The molecule has 0 amide bonds. The van der Waals surface area contributed by atoms with Crippen LogP contribution in [0.25, 0.3) is 11.2 Å². The maximum absolute atomic E-state index is 11.6. The van der Waals surface area contributed by atoms with Crippen molar-refractivity contribution in [3.63, 3.8) is 0 Å². The third kappa shape index (κ3) is 3.10. The molecule has 10 nitrogen and oxygen atoms in total. The molecule has 0 aromatic carbocycles. The zero-order chi connectivity index (χ0) is 15.9. The Kier molecular flexibility index (Phi) is 4.12. The number of rotatable bonds is 4. The second kappa shape index (κ2) is 5.78. The molecule has 0 aliphatic carbocycles. The number of ether oxygens (including phenoxy) is 1. The van der Waals surface area contributed by atoms with Gasteiger partial charge < -0.3 is 29.1 Å². The Bertz CT molecular complexity index is 787. The molecule has 0 radical (unpaired) electrons. The average Bonchev–Trinajstić information content (AvgIpc) is 3.00. The van der Waals surface area contributed by atoms with Gasteiger partial charge in [-0.3, -0.25) is 9.36 Å². The maximum atomic E-state index is 11.6. The first-order chi connectivity index (χ1) is 10.3. The first-order valence-electron chi connectivity index (χ1n) is 6.29. The van der Waals surface area contributed by atoms with Gasteiger partial charge in [0.15, 0.2) is 11.2 Å². The third-order valence-corrected chi connectivity index (χ3v) is 4.09.